The van der Waals surface area contributed by atoms with Crippen LogP contribution < -0.4 is 5.11 Å². The molecule has 0 fully saturated rings. The smallest absolute Gasteiger partial charge is 0.306 e. The number of nitrogens with zero attached hydrogens (tertiary/aromatic N) is 1. The van der Waals surface area contributed by atoms with Crippen molar-refractivity contribution in [1.29, 1.82) is 0 Å². The predicted molar refractivity (Wildman–Crippen MR) is 88.4 cm³/mol. The number of hydrogen-bond acceptors (Lipinski definition) is 6. The number of likely N-dealkylation sites (N-methyl/N-ethyl adjacent to an activating group) is 1. The molecule has 0 heterocycles. The Labute approximate surface area is 149 Å². The van der Waals surface area contributed by atoms with Gasteiger partial charge in [0.25, 0.3) is 0 Å². The van der Waals surface area contributed by atoms with Gasteiger partial charge in [0.05, 0.1) is 27.2 Å². The van der Waals surface area contributed by atoms with Gasteiger partial charge in [0.15, 0.2) is 6.10 Å². The zero-order valence-corrected chi connectivity index (χ0v) is 15.4. The molecule has 146 valence electrons. The fourth-order valence-electron chi connectivity index (χ4n) is 2.47. The number of aliphatic carboxylic acids is 2. The number of hydrogen-bond donors (Lipinski definition) is 2. The fourth-order valence-corrected chi connectivity index (χ4v) is 2.47. The molecule has 0 aliphatic heterocycles. The fraction of sp³-hybridized carbons (Fsp3) is 0.824. The van der Waals surface area contributed by atoms with Gasteiger partial charge in [-0.25, -0.2) is 0 Å². The number of carbonyl (C=O) groups excluding carboxylic acids is 2. The van der Waals surface area contributed by atoms with Crippen LogP contribution in [0.3, 0.4) is 0 Å². The first-order valence-corrected chi connectivity index (χ1v) is 8.59. The van der Waals surface area contributed by atoms with Crippen LogP contribution in [0.4, 0.5) is 0 Å². The normalized spacial score (nSPS) is 13.9. The Bertz CT molecular complexity index is 431. The SMILES string of the molecule is C[N+](C)(C)CC(CC(=O)[O-])OC(=O)CCCC(O)CCCCC(=O)O. The van der Waals surface area contributed by atoms with E-state index in [4.69, 9.17) is 9.84 Å². The lowest BCUT2D eigenvalue weighted by Crippen LogP contribution is -2.45. The first-order chi connectivity index (χ1) is 11.5. The van der Waals surface area contributed by atoms with Crippen LogP contribution in [0.25, 0.3) is 0 Å². The first-order valence-electron chi connectivity index (χ1n) is 8.59. The van der Waals surface area contributed by atoms with Crippen molar-refractivity contribution < 1.29 is 38.9 Å². The molecule has 2 atom stereocenters. The van der Waals surface area contributed by atoms with Gasteiger partial charge in [0, 0.05) is 25.2 Å². The molecule has 0 spiro atoms. The van der Waals surface area contributed by atoms with Crippen molar-refractivity contribution in [3.8, 4) is 0 Å². The Hall–Kier alpha value is -1.67. The molecule has 2 unspecified atom stereocenters. The van der Waals surface area contributed by atoms with Gasteiger partial charge in [0.1, 0.15) is 6.54 Å². The van der Waals surface area contributed by atoms with Crippen molar-refractivity contribution in [2.24, 2.45) is 0 Å². The highest BCUT2D eigenvalue weighted by Crippen LogP contribution is 2.12. The van der Waals surface area contributed by atoms with Gasteiger partial charge in [-0.3, -0.25) is 9.59 Å². The summed E-state index contributed by atoms with van der Waals surface area (Å²) in [6.45, 7) is 0.367. The molecule has 0 amide bonds. The number of rotatable bonds is 14. The first kappa shape index (κ1) is 23.3. The average Bonchev–Trinajstić information content (AvgIpc) is 2.40. The van der Waals surface area contributed by atoms with Gasteiger partial charge >= 0.3 is 11.9 Å². The number of quaternary nitrogens is 1. The van der Waals surface area contributed by atoms with Crippen molar-refractivity contribution in [3.05, 3.63) is 0 Å². The Morgan fingerprint density at radius 3 is 2.16 bits per heavy atom. The van der Waals surface area contributed by atoms with Crippen LogP contribution in [-0.2, 0) is 19.1 Å². The number of carbonyl (C=O) groups is 3. The molecule has 0 saturated carbocycles. The molecule has 0 bridgehead atoms. The third-order valence-corrected chi connectivity index (χ3v) is 3.54. The van der Waals surface area contributed by atoms with Gasteiger partial charge in [-0.2, -0.15) is 0 Å². The van der Waals surface area contributed by atoms with Crippen molar-refractivity contribution in [2.75, 3.05) is 27.7 Å². The lowest BCUT2D eigenvalue weighted by molar-refractivity contribution is -0.873. The number of carboxylic acid groups (broad SMARTS) is 2. The number of carboxylic acids is 2. The zero-order chi connectivity index (χ0) is 19.5. The molecule has 0 aromatic heterocycles. The Balaban J connectivity index is 4.05. The molecule has 0 aromatic carbocycles. The van der Waals surface area contributed by atoms with Crippen LogP contribution in [-0.4, -0.2) is 72.5 Å². The summed E-state index contributed by atoms with van der Waals surface area (Å²) in [5, 5.41) is 29.1. The van der Waals surface area contributed by atoms with E-state index in [9.17, 15) is 24.6 Å². The largest absolute Gasteiger partial charge is 0.550 e. The van der Waals surface area contributed by atoms with E-state index in [0.29, 0.717) is 43.1 Å². The minimum absolute atomic E-state index is 0.0884. The molecule has 2 N–H and O–H groups in total. The monoisotopic (exact) mass is 361 g/mol. The number of ether oxygens (including phenoxy) is 1. The van der Waals surface area contributed by atoms with E-state index in [1.807, 2.05) is 21.1 Å². The Kier molecular flexibility index (Phi) is 11.0. The highest BCUT2D eigenvalue weighted by molar-refractivity contribution is 5.70. The third-order valence-electron chi connectivity index (χ3n) is 3.54. The maximum Gasteiger partial charge on any atom is 0.306 e. The molecule has 8 nitrogen and oxygen atoms in total. The van der Waals surface area contributed by atoms with Crippen molar-refractivity contribution >= 4 is 17.9 Å². The average molecular weight is 361 g/mol. The Morgan fingerprint density at radius 1 is 1.04 bits per heavy atom. The minimum Gasteiger partial charge on any atom is -0.550 e. The zero-order valence-electron chi connectivity index (χ0n) is 15.4. The van der Waals surface area contributed by atoms with E-state index in [1.165, 1.54) is 0 Å². The van der Waals surface area contributed by atoms with Crippen LogP contribution in [0.15, 0.2) is 0 Å². The van der Waals surface area contributed by atoms with Crippen LogP contribution in [0.2, 0.25) is 0 Å². The van der Waals surface area contributed by atoms with Crippen LogP contribution >= 0.6 is 0 Å². The molecule has 0 aromatic rings. The summed E-state index contributed by atoms with van der Waals surface area (Å²) in [6.07, 6.45) is 1.02. The van der Waals surface area contributed by atoms with Gasteiger partial charge in [0.2, 0.25) is 0 Å². The number of unbranched alkanes of at least 4 members (excludes halogenated alkanes) is 1. The van der Waals surface area contributed by atoms with Crippen molar-refractivity contribution in [3.63, 3.8) is 0 Å². The minimum atomic E-state index is -1.26. The molecule has 0 aliphatic carbocycles. The summed E-state index contributed by atoms with van der Waals surface area (Å²) in [7, 11) is 5.62. The van der Waals surface area contributed by atoms with Crippen LogP contribution in [0, 0.1) is 0 Å². The lowest BCUT2D eigenvalue weighted by atomic mass is 10.1. The van der Waals surface area contributed by atoms with E-state index in [2.05, 4.69) is 0 Å². The third kappa shape index (κ3) is 15.6. The number of esters is 1. The van der Waals surface area contributed by atoms with Crippen LogP contribution in [0.1, 0.15) is 51.4 Å². The van der Waals surface area contributed by atoms with Crippen molar-refractivity contribution in [2.45, 2.75) is 63.6 Å². The number of aliphatic hydroxyl groups is 1. The van der Waals surface area contributed by atoms with Crippen molar-refractivity contribution in [1.82, 2.24) is 0 Å². The molecule has 0 saturated heterocycles. The van der Waals surface area contributed by atoms with Gasteiger partial charge in [-0.05, 0) is 25.7 Å². The summed E-state index contributed by atoms with van der Waals surface area (Å²) in [4.78, 5) is 33.0. The van der Waals surface area contributed by atoms with Crippen LogP contribution in [0.5, 0.6) is 0 Å². The quantitative estimate of drug-likeness (QED) is 0.252. The summed E-state index contributed by atoms with van der Waals surface area (Å²) in [5.41, 5.74) is 0. The lowest BCUT2D eigenvalue weighted by Gasteiger charge is -2.29. The second-order valence-corrected chi connectivity index (χ2v) is 7.35. The number of aliphatic hydroxyl groups excluding tert-OH is 1. The maximum absolute atomic E-state index is 11.8. The van der Waals surface area contributed by atoms with E-state index in [0.717, 1.165) is 0 Å². The molecule has 25 heavy (non-hydrogen) atoms. The predicted octanol–water partition coefficient (Wildman–Crippen LogP) is -0.0794. The van der Waals surface area contributed by atoms with Gasteiger partial charge in [-0.15, -0.1) is 0 Å². The molecular weight excluding hydrogens is 330 g/mol. The second-order valence-electron chi connectivity index (χ2n) is 7.35. The highest BCUT2D eigenvalue weighted by Gasteiger charge is 2.22. The second kappa shape index (κ2) is 11.8. The summed E-state index contributed by atoms with van der Waals surface area (Å²) >= 11 is 0. The molecule has 8 heteroatoms. The molecule has 0 aliphatic rings. The standard InChI is InChI=1S/C17H31NO7/c1-18(2,3)12-14(11-16(22)23)25-17(24)10-6-8-13(19)7-4-5-9-15(20)21/h13-14,19H,4-12H2,1-3H3,(H-,20,21,22,23). The topological polar surface area (TPSA) is 124 Å². The summed E-state index contributed by atoms with van der Waals surface area (Å²) in [6, 6.07) is 0. The van der Waals surface area contributed by atoms with E-state index in [1.54, 1.807) is 0 Å². The molecule has 0 rings (SSSR count). The maximum atomic E-state index is 11.8. The molecular formula is C17H31NO7. The van der Waals surface area contributed by atoms with E-state index >= 15 is 0 Å². The summed E-state index contributed by atoms with van der Waals surface area (Å²) < 4.78 is 5.68. The molecule has 0 radical (unpaired) electrons. The Morgan fingerprint density at radius 2 is 1.64 bits per heavy atom. The van der Waals surface area contributed by atoms with E-state index in [-0.39, 0.29) is 19.3 Å². The van der Waals surface area contributed by atoms with E-state index < -0.39 is 30.1 Å². The highest BCUT2D eigenvalue weighted by atomic mass is 16.5. The van der Waals surface area contributed by atoms with Gasteiger partial charge < -0.3 is 29.3 Å². The van der Waals surface area contributed by atoms with Gasteiger partial charge in [-0.1, -0.05) is 6.42 Å². The summed E-state index contributed by atoms with van der Waals surface area (Å²) in [5.74, 6) is -2.60.